The van der Waals surface area contributed by atoms with Gasteiger partial charge in [-0.3, -0.25) is 5.43 Å². The fourth-order valence-electron chi connectivity index (χ4n) is 1.19. The third kappa shape index (κ3) is 4.74. The summed E-state index contributed by atoms with van der Waals surface area (Å²) in [7, 11) is 0. The zero-order valence-electron chi connectivity index (χ0n) is 9.09. The van der Waals surface area contributed by atoms with Gasteiger partial charge >= 0.3 is 0 Å². The third-order valence-corrected chi connectivity index (χ3v) is 1.95. The third-order valence-electron chi connectivity index (χ3n) is 1.76. The summed E-state index contributed by atoms with van der Waals surface area (Å²) in [6, 6.07) is 0. The van der Waals surface area contributed by atoms with E-state index >= 15 is 0 Å². The van der Waals surface area contributed by atoms with Gasteiger partial charge in [0.15, 0.2) is 5.11 Å². The number of thiocarbonyl (C=S) groups is 1. The van der Waals surface area contributed by atoms with Crippen LogP contribution in [-0.4, -0.2) is 42.0 Å². The van der Waals surface area contributed by atoms with Crippen LogP contribution in [0.25, 0.3) is 0 Å². The first-order valence-electron chi connectivity index (χ1n) is 4.89. The van der Waals surface area contributed by atoms with Gasteiger partial charge in [0.2, 0.25) is 0 Å². The van der Waals surface area contributed by atoms with Crippen molar-refractivity contribution in [1.82, 2.24) is 15.8 Å². The van der Waals surface area contributed by atoms with Crippen molar-refractivity contribution >= 4 is 17.3 Å². The van der Waals surface area contributed by atoms with Crippen molar-refractivity contribution in [3.8, 4) is 0 Å². The van der Waals surface area contributed by atoms with E-state index in [0.717, 1.165) is 26.3 Å². The highest BCUT2D eigenvalue weighted by molar-refractivity contribution is 7.80. The number of nitrogens with one attached hydrogen (secondary N) is 2. The summed E-state index contributed by atoms with van der Waals surface area (Å²) in [5.41, 5.74) is 3.16. The molecule has 1 saturated heterocycles. The van der Waals surface area contributed by atoms with E-state index in [2.05, 4.69) is 36.5 Å². The summed E-state index contributed by atoms with van der Waals surface area (Å²) in [6.07, 6.45) is 0. The monoisotopic (exact) mass is 217 g/mol. The molecule has 0 atom stereocenters. The first-order valence-corrected chi connectivity index (χ1v) is 5.30. The molecule has 0 amide bonds. The molecule has 1 heterocycles. The highest BCUT2D eigenvalue weighted by atomic mass is 32.1. The standard InChI is InChI=1S/C9H19N3OS/c1-9(2,3)10-8(14)11-12-4-6-13-7-5-12/h4-7H2,1-3H3,(H2,10,11,14). The fourth-order valence-corrected chi connectivity index (χ4v) is 1.62. The number of morpholine rings is 1. The largest absolute Gasteiger partial charge is 0.379 e. The van der Waals surface area contributed by atoms with E-state index < -0.39 is 0 Å². The van der Waals surface area contributed by atoms with E-state index in [0.29, 0.717) is 5.11 Å². The van der Waals surface area contributed by atoms with Crippen LogP contribution in [0.3, 0.4) is 0 Å². The average molecular weight is 217 g/mol. The Morgan fingerprint density at radius 2 is 1.86 bits per heavy atom. The van der Waals surface area contributed by atoms with Crippen molar-refractivity contribution in [2.45, 2.75) is 26.3 Å². The second-order valence-electron chi connectivity index (χ2n) is 4.42. The van der Waals surface area contributed by atoms with E-state index in [9.17, 15) is 0 Å². The maximum atomic E-state index is 5.24. The van der Waals surface area contributed by atoms with E-state index in [1.54, 1.807) is 0 Å². The summed E-state index contributed by atoms with van der Waals surface area (Å²) in [5, 5.41) is 5.96. The molecule has 0 aliphatic carbocycles. The first-order chi connectivity index (χ1) is 6.47. The molecule has 0 aromatic rings. The Morgan fingerprint density at radius 3 is 2.36 bits per heavy atom. The second kappa shape index (κ2) is 4.91. The minimum Gasteiger partial charge on any atom is -0.379 e. The van der Waals surface area contributed by atoms with Gasteiger partial charge in [-0.05, 0) is 33.0 Å². The van der Waals surface area contributed by atoms with Gasteiger partial charge < -0.3 is 10.1 Å². The number of hydrazine groups is 1. The van der Waals surface area contributed by atoms with Crippen LogP contribution in [0.2, 0.25) is 0 Å². The Hall–Kier alpha value is -0.390. The Bertz CT molecular complexity index is 197. The first kappa shape index (κ1) is 11.7. The number of ether oxygens (including phenoxy) is 1. The van der Waals surface area contributed by atoms with Gasteiger partial charge in [0.25, 0.3) is 0 Å². The van der Waals surface area contributed by atoms with Crippen LogP contribution in [0.1, 0.15) is 20.8 Å². The van der Waals surface area contributed by atoms with Crippen LogP contribution in [0, 0.1) is 0 Å². The van der Waals surface area contributed by atoms with Crippen molar-refractivity contribution in [3.63, 3.8) is 0 Å². The Balaban J connectivity index is 2.25. The van der Waals surface area contributed by atoms with Gasteiger partial charge in [0.05, 0.1) is 13.2 Å². The zero-order chi connectivity index (χ0) is 10.6. The predicted molar refractivity (Wildman–Crippen MR) is 61.0 cm³/mol. The number of hydrogen-bond acceptors (Lipinski definition) is 3. The minimum atomic E-state index is 0.0103. The average Bonchev–Trinajstić information content (AvgIpc) is 2.02. The predicted octanol–water partition coefficient (Wildman–Crippen LogP) is 0.496. The van der Waals surface area contributed by atoms with Crippen LogP contribution in [0.5, 0.6) is 0 Å². The van der Waals surface area contributed by atoms with Crippen molar-refractivity contribution in [2.24, 2.45) is 0 Å². The molecule has 82 valence electrons. The Kier molecular flexibility index (Phi) is 4.10. The van der Waals surface area contributed by atoms with Gasteiger partial charge in [-0.2, -0.15) is 0 Å². The smallest absolute Gasteiger partial charge is 0.181 e. The molecule has 5 heteroatoms. The summed E-state index contributed by atoms with van der Waals surface area (Å²) < 4.78 is 5.24. The van der Waals surface area contributed by atoms with Crippen LogP contribution in [-0.2, 0) is 4.74 Å². The maximum Gasteiger partial charge on any atom is 0.181 e. The summed E-state index contributed by atoms with van der Waals surface area (Å²) >= 11 is 5.18. The van der Waals surface area contributed by atoms with Gasteiger partial charge in [-0.15, -0.1) is 0 Å². The molecule has 0 bridgehead atoms. The fraction of sp³-hybridized carbons (Fsp3) is 0.889. The van der Waals surface area contributed by atoms with Crippen molar-refractivity contribution < 1.29 is 4.74 Å². The van der Waals surface area contributed by atoms with Crippen LogP contribution < -0.4 is 10.7 Å². The second-order valence-corrected chi connectivity index (χ2v) is 4.82. The summed E-state index contributed by atoms with van der Waals surface area (Å²) in [6.45, 7) is 9.55. The van der Waals surface area contributed by atoms with Crippen molar-refractivity contribution in [3.05, 3.63) is 0 Å². The maximum absolute atomic E-state index is 5.24. The van der Waals surface area contributed by atoms with E-state index in [4.69, 9.17) is 17.0 Å². The Labute approximate surface area is 91.0 Å². The molecule has 14 heavy (non-hydrogen) atoms. The molecular weight excluding hydrogens is 198 g/mol. The van der Waals surface area contributed by atoms with Gasteiger partial charge in [0.1, 0.15) is 0 Å². The lowest BCUT2D eigenvalue weighted by Crippen LogP contribution is -2.55. The molecule has 1 fully saturated rings. The normalized spacial score (nSPS) is 19.1. The lowest BCUT2D eigenvalue weighted by Gasteiger charge is -2.30. The molecule has 0 aromatic carbocycles. The molecular formula is C9H19N3OS. The van der Waals surface area contributed by atoms with Gasteiger partial charge in [-0.25, -0.2) is 5.01 Å². The van der Waals surface area contributed by atoms with Gasteiger partial charge in [0, 0.05) is 18.6 Å². The molecule has 1 aliphatic heterocycles. The number of rotatable bonds is 1. The molecule has 4 nitrogen and oxygen atoms in total. The molecule has 2 N–H and O–H groups in total. The highest BCUT2D eigenvalue weighted by Gasteiger charge is 2.14. The molecule has 0 radical (unpaired) electrons. The van der Waals surface area contributed by atoms with E-state index in [1.807, 2.05) is 0 Å². The molecule has 1 aliphatic rings. The quantitative estimate of drug-likeness (QED) is 0.625. The van der Waals surface area contributed by atoms with Crippen LogP contribution in [0.15, 0.2) is 0 Å². The van der Waals surface area contributed by atoms with Crippen LogP contribution >= 0.6 is 12.2 Å². The van der Waals surface area contributed by atoms with Crippen molar-refractivity contribution in [1.29, 1.82) is 0 Å². The molecule has 0 spiro atoms. The number of hydrogen-bond donors (Lipinski definition) is 2. The topological polar surface area (TPSA) is 36.5 Å². The Morgan fingerprint density at radius 1 is 1.29 bits per heavy atom. The SMILES string of the molecule is CC(C)(C)NC(=S)NN1CCOCC1. The minimum absolute atomic E-state index is 0.0103. The van der Waals surface area contributed by atoms with Crippen molar-refractivity contribution in [2.75, 3.05) is 26.3 Å². The molecule has 0 saturated carbocycles. The van der Waals surface area contributed by atoms with Gasteiger partial charge in [-0.1, -0.05) is 0 Å². The molecule has 0 unspecified atom stereocenters. The molecule has 1 rings (SSSR count). The van der Waals surface area contributed by atoms with E-state index in [1.165, 1.54) is 0 Å². The summed E-state index contributed by atoms with van der Waals surface area (Å²) in [5.74, 6) is 0. The number of nitrogens with zero attached hydrogens (tertiary/aromatic N) is 1. The van der Waals surface area contributed by atoms with E-state index in [-0.39, 0.29) is 5.54 Å². The lowest BCUT2D eigenvalue weighted by atomic mass is 10.1. The summed E-state index contributed by atoms with van der Waals surface area (Å²) in [4.78, 5) is 0. The highest BCUT2D eigenvalue weighted by Crippen LogP contribution is 1.98. The zero-order valence-corrected chi connectivity index (χ0v) is 9.91. The molecule has 0 aromatic heterocycles. The lowest BCUT2D eigenvalue weighted by molar-refractivity contribution is 0.0245. The van der Waals surface area contributed by atoms with Crippen LogP contribution in [0.4, 0.5) is 0 Å².